The van der Waals surface area contributed by atoms with Gasteiger partial charge in [0.05, 0.1) is 0 Å². The Bertz CT molecular complexity index is 749. The van der Waals surface area contributed by atoms with Crippen LogP contribution in [0, 0.1) is 0 Å². The predicted octanol–water partition coefficient (Wildman–Crippen LogP) is 4.33. The second-order valence-electron chi connectivity index (χ2n) is 5.43. The molecule has 3 rings (SSSR count). The highest BCUT2D eigenvalue weighted by molar-refractivity contribution is 5.94. The molecule has 0 unspecified atom stereocenters. The van der Waals surface area contributed by atoms with Crippen molar-refractivity contribution in [2.75, 3.05) is 6.54 Å². The largest absolute Gasteiger partial charge is 0.352 e. The third-order valence-electron chi connectivity index (χ3n) is 3.80. The molecule has 0 radical (unpaired) electrons. The van der Waals surface area contributed by atoms with Crippen molar-refractivity contribution in [1.82, 2.24) is 5.32 Å². The van der Waals surface area contributed by atoms with Crippen molar-refractivity contribution in [2.45, 2.75) is 6.42 Å². The van der Waals surface area contributed by atoms with Gasteiger partial charge in [-0.15, -0.1) is 0 Å². The summed E-state index contributed by atoms with van der Waals surface area (Å²) < 4.78 is 0. The van der Waals surface area contributed by atoms with Gasteiger partial charge >= 0.3 is 0 Å². The normalized spacial score (nSPS) is 10.3. The SMILES string of the molecule is O=C(NCCc1ccc(-c2ccccc2)cc1)c1ccccc1. The summed E-state index contributed by atoms with van der Waals surface area (Å²) in [7, 11) is 0. The molecule has 0 aliphatic heterocycles. The standard InChI is InChI=1S/C21H19NO/c23-21(20-9-5-2-6-10-20)22-16-15-17-11-13-19(14-12-17)18-7-3-1-4-8-18/h1-14H,15-16H2,(H,22,23). The van der Waals surface area contributed by atoms with Crippen molar-refractivity contribution in [3.8, 4) is 11.1 Å². The van der Waals surface area contributed by atoms with Gasteiger partial charge < -0.3 is 5.32 Å². The zero-order valence-electron chi connectivity index (χ0n) is 12.9. The van der Waals surface area contributed by atoms with Gasteiger partial charge in [-0.2, -0.15) is 0 Å². The minimum Gasteiger partial charge on any atom is -0.352 e. The summed E-state index contributed by atoms with van der Waals surface area (Å²) in [5.41, 5.74) is 4.35. The van der Waals surface area contributed by atoms with Crippen molar-refractivity contribution in [2.24, 2.45) is 0 Å². The van der Waals surface area contributed by atoms with E-state index in [2.05, 4.69) is 41.7 Å². The lowest BCUT2D eigenvalue weighted by Crippen LogP contribution is -2.25. The van der Waals surface area contributed by atoms with Crippen LogP contribution in [-0.4, -0.2) is 12.5 Å². The smallest absolute Gasteiger partial charge is 0.251 e. The van der Waals surface area contributed by atoms with E-state index in [0.29, 0.717) is 12.1 Å². The van der Waals surface area contributed by atoms with Crippen LogP contribution in [0.25, 0.3) is 11.1 Å². The van der Waals surface area contributed by atoms with Crippen molar-refractivity contribution < 1.29 is 4.79 Å². The van der Waals surface area contributed by atoms with Gasteiger partial charge in [0, 0.05) is 12.1 Å². The van der Waals surface area contributed by atoms with Crippen LogP contribution in [0.1, 0.15) is 15.9 Å². The monoisotopic (exact) mass is 301 g/mol. The van der Waals surface area contributed by atoms with Crippen molar-refractivity contribution in [3.63, 3.8) is 0 Å². The molecule has 0 bridgehead atoms. The minimum atomic E-state index is -0.0218. The zero-order valence-corrected chi connectivity index (χ0v) is 12.9. The fourth-order valence-electron chi connectivity index (χ4n) is 2.51. The molecular weight excluding hydrogens is 282 g/mol. The van der Waals surface area contributed by atoms with Gasteiger partial charge in [-0.05, 0) is 35.2 Å². The molecule has 2 heteroatoms. The van der Waals surface area contributed by atoms with Crippen LogP contribution < -0.4 is 5.32 Å². The zero-order chi connectivity index (χ0) is 15.9. The van der Waals surface area contributed by atoms with E-state index in [1.165, 1.54) is 16.7 Å². The Kier molecular flexibility index (Phi) is 4.85. The second-order valence-corrected chi connectivity index (χ2v) is 5.43. The Labute approximate surface area is 136 Å². The molecule has 2 nitrogen and oxygen atoms in total. The summed E-state index contributed by atoms with van der Waals surface area (Å²) in [6.45, 7) is 0.637. The molecule has 0 saturated carbocycles. The molecule has 0 fully saturated rings. The summed E-state index contributed by atoms with van der Waals surface area (Å²) in [4.78, 5) is 12.0. The molecule has 0 aliphatic carbocycles. The molecule has 1 amide bonds. The second kappa shape index (κ2) is 7.41. The Morgan fingerprint density at radius 2 is 1.26 bits per heavy atom. The average Bonchev–Trinajstić information content (AvgIpc) is 2.64. The molecular formula is C21H19NO. The van der Waals surface area contributed by atoms with Crippen LogP contribution in [-0.2, 0) is 6.42 Å². The van der Waals surface area contributed by atoms with Gasteiger partial charge in [0.25, 0.3) is 5.91 Å². The molecule has 0 aromatic heterocycles. The Hall–Kier alpha value is -2.87. The summed E-state index contributed by atoms with van der Waals surface area (Å²) >= 11 is 0. The van der Waals surface area contributed by atoms with Crippen LogP contribution in [0.5, 0.6) is 0 Å². The van der Waals surface area contributed by atoms with Crippen LogP contribution in [0.4, 0.5) is 0 Å². The fourth-order valence-corrected chi connectivity index (χ4v) is 2.51. The van der Waals surface area contributed by atoms with Crippen LogP contribution in [0.2, 0.25) is 0 Å². The number of amides is 1. The van der Waals surface area contributed by atoms with E-state index >= 15 is 0 Å². The number of hydrogen-bond acceptors (Lipinski definition) is 1. The number of carbonyl (C=O) groups is 1. The Balaban J connectivity index is 1.54. The summed E-state index contributed by atoms with van der Waals surface area (Å²) in [6.07, 6.45) is 0.827. The lowest BCUT2D eigenvalue weighted by Gasteiger charge is -2.07. The third kappa shape index (κ3) is 4.07. The molecule has 114 valence electrons. The van der Waals surface area contributed by atoms with Gasteiger partial charge in [-0.25, -0.2) is 0 Å². The number of carbonyl (C=O) groups excluding carboxylic acids is 1. The molecule has 0 saturated heterocycles. The highest BCUT2D eigenvalue weighted by atomic mass is 16.1. The lowest BCUT2D eigenvalue weighted by atomic mass is 10.0. The third-order valence-corrected chi connectivity index (χ3v) is 3.80. The molecule has 1 N–H and O–H groups in total. The van der Waals surface area contributed by atoms with E-state index in [1.54, 1.807) is 0 Å². The van der Waals surface area contributed by atoms with Crippen molar-refractivity contribution in [3.05, 3.63) is 96.1 Å². The van der Waals surface area contributed by atoms with Crippen molar-refractivity contribution >= 4 is 5.91 Å². The summed E-state index contributed by atoms with van der Waals surface area (Å²) in [5.74, 6) is -0.0218. The Morgan fingerprint density at radius 3 is 1.91 bits per heavy atom. The maximum atomic E-state index is 12.0. The van der Waals surface area contributed by atoms with Gasteiger partial charge in [0.2, 0.25) is 0 Å². The summed E-state index contributed by atoms with van der Waals surface area (Å²) in [5, 5.41) is 2.95. The van der Waals surface area contributed by atoms with E-state index in [9.17, 15) is 4.79 Å². The summed E-state index contributed by atoms with van der Waals surface area (Å²) in [6, 6.07) is 28.1. The first-order chi connectivity index (χ1) is 11.3. The fraction of sp³-hybridized carbons (Fsp3) is 0.0952. The molecule has 0 heterocycles. The lowest BCUT2D eigenvalue weighted by molar-refractivity contribution is 0.0954. The molecule has 0 spiro atoms. The van der Waals surface area contributed by atoms with Crippen LogP contribution >= 0.6 is 0 Å². The first-order valence-electron chi connectivity index (χ1n) is 7.80. The van der Waals surface area contributed by atoms with Gasteiger partial charge in [-0.3, -0.25) is 4.79 Å². The molecule has 3 aromatic carbocycles. The first kappa shape index (κ1) is 15.0. The number of hydrogen-bond donors (Lipinski definition) is 1. The predicted molar refractivity (Wildman–Crippen MR) is 94.4 cm³/mol. The van der Waals surface area contributed by atoms with E-state index in [1.807, 2.05) is 48.5 Å². The van der Waals surface area contributed by atoms with Crippen molar-refractivity contribution in [1.29, 1.82) is 0 Å². The molecule has 23 heavy (non-hydrogen) atoms. The first-order valence-corrected chi connectivity index (χ1v) is 7.80. The minimum absolute atomic E-state index is 0.0218. The number of rotatable bonds is 5. The van der Waals surface area contributed by atoms with Crippen LogP contribution in [0.15, 0.2) is 84.9 Å². The van der Waals surface area contributed by atoms with Crippen LogP contribution in [0.3, 0.4) is 0 Å². The highest BCUT2D eigenvalue weighted by Gasteiger charge is 2.03. The van der Waals surface area contributed by atoms with Gasteiger partial charge in [0.15, 0.2) is 0 Å². The Morgan fingerprint density at radius 1 is 0.696 bits per heavy atom. The van der Waals surface area contributed by atoms with E-state index in [-0.39, 0.29) is 5.91 Å². The molecule has 0 atom stereocenters. The van der Waals surface area contributed by atoms with E-state index < -0.39 is 0 Å². The van der Waals surface area contributed by atoms with Gasteiger partial charge in [0.1, 0.15) is 0 Å². The quantitative estimate of drug-likeness (QED) is 0.747. The molecule has 3 aromatic rings. The van der Waals surface area contributed by atoms with E-state index in [4.69, 9.17) is 0 Å². The number of benzene rings is 3. The molecule has 0 aliphatic rings. The van der Waals surface area contributed by atoms with Gasteiger partial charge in [-0.1, -0.05) is 72.8 Å². The topological polar surface area (TPSA) is 29.1 Å². The highest BCUT2D eigenvalue weighted by Crippen LogP contribution is 2.19. The maximum absolute atomic E-state index is 12.0. The number of nitrogens with one attached hydrogen (secondary N) is 1. The van der Waals surface area contributed by atoms with E-state index in [0.717, 1.165) is 6.42 Å². The average molecular weight is 301 g/mol. The maximum Gasteiger partial charge on any atom is 0.251 e.